The van der Waals surface area contributed by atoms with Crippen LogP contribution in [0.1, 0.15) is 24.9 Å². The highest BCUT2D eigenvalue weighted by atomic mass is 16.5. The van der Waals surface area contributed by atoms with E-state index in [1.165, 1.54) is 0 Å². The number of benzene rings is 1. The molecule has 0 heterocycles. The minimum atomic E-state index is -0.238. The maximum atomic E-state index is 11.8. The summed E-state index contributed by atoms with van der Waals surface area (Å²) in [6.07, 6.45) is 0.0268. The van der Waals surface area contributed by atoms with Crippen LogP contribution in [0.4, 0.5) is 0 Å². The quantitative estimate of drug-likeness (QED) is 0.778. The number of carbonyl (C=O) groups excluding carboxylic acids is 1. The van der Waals surface area contributed by atoms with Crippen LogP contribution in [0.2, 0.25) is 0 Å². The number of amides is 1. The first-order valence-corrected chi connectivity index (χ1v) is 6.26. The Bertz CT molecular complexity index is 405. The molecule has 5 heteroatoms. The minimum Gasteiger partial charge on any atom is -0.497 e. The number of methoxy groups -OCH3 is 2. The highest BCUT2D eigenvalue weighted by molar-refractivity contribution is 5.77. The van der Waals surface area contributed by atoms with Gasteiger partial charge in [0.25, 0.3) is 0 Å². The Labute approximate surface area is 114 Å². The second-order valence-corrected chi connectivity index (χ2v) is 4.36. The summed E-state index contributed by atoms with van der Waals surface area (Å²) < 4.78 is 10.2. The first-order valence-electron chi connectivity index (χ1n) is 6.26. The second kappa shape index (κ2) is 7.76. The molecule has 1 rings (SSSR count). The van der Waals surface area contributed by atoms with E-state index in [0.717, 1.165) is 11.3 Å². The summed E-state index contributed by atoms with van der Waals surface area (Å²) in [7, 11) is 3.17. The van der Waals surface area contributed by atoms with Gasteiger partial charge in [-0.15, -0.1) is 0 Å². The lowest BCUT2D eigenvalue weighted by molar-refractivity contribution is -0.124. The van der Waals surface area contributed by atoms with Crippen LogP contribution in [-0.2, 0) is 9.53 Å². The number of carbonyl (C=O) groups is 1. The molecule has 0 bridgehead atoms. The Balaban J connectivity index is 2.58. The van der Waals surface area contributed by atoms with Crippen molar-refractivity contribution in [1.82, 2.24) is 5.32 Å². The van der Waals surface area contributed by atoms with Crippen molar-refractivity contribution in [2.45, 2.75) is 25.5 Å². The third-order valence-electron chi connectivity index (χ3n) is 2.98. The molecule has 5 nitrogen and oxygen atoms in total. The highest BCUT2D eigenvalue weighted by Gasteiger charge is 2.14. The smallest absolute Gasteiger partial charge is 0.223 e. The predicted molar refractivity (Wildman–Crippen MR) is 74.0 cm³/mol. The first kappa shape index (κ1) is 15.5. The van der Waals surface area contributed by atoms with E-state index < -0.39 is 0 Å². The van der Waals surface area contributed by atoms with Gasteiger partial charge in [0.05, 0.1) is 25.7 Å². The molecule has 1 aromatic rings. The van der Waals surface area contributed by atoms with Crippen LogP contribution in [0.15, 0.2) is 24.3 Å². The van der Waals surface area contributed by atoms with E-state index in [1.54, 1.807) is 14.2 Å². The van der Waals surface area contributed by atoms with Crippen molar-refractivity contribution in [3.63, 3.8) is 0 Å². The molecule has 19 heavy (non-hydrogen) atoms. The molecule has 0 spiro atoms. The lowest BCUT2D eigenvalue weighted by atomic mass is 10.1. The topological polar surface area (TPSA) is 73.6 Å². The van der Waals surface area contributed by atoms with Crippen molar-refractivity contribution in [3.8, 4) is 5.75 Å². The van der Waals surface area contributed by atoms with Crippen LogP contribution in [-0.4, -0.2) is 32.8 Å². The van der Waals surface area contributed by atoms with Crippen LogP contribution in [0.25, 0.3) is 0 Å². The van der Waals surface area contributed by atoms with Crippen molar-refractivity contribution in [3.05, 3.63) is 29.8 Å². The lowest BCUT2D eigenvalue weighted by Crippen LogP contribution is -2.33. The molecular weight excluding hydrogens is 244 g/mol. The summed E-state index contributed by atoms with van der Waals surface area (Å²) in [5.41, 5.74) is 6.48. The number of rotatable bonds is 7. The maximum Gasteiger partial charge on any atom is 0.223 e. The van der Waals surface area contributed by atoms with Crippen molar-refractivity contribution in [2.24, 2.45) is 5.73 Å². The van der Waals surface area contributed by atoms with E-state index in [0.29, 0.717) is 6.54 Å². The van der Waals surface area contributed by atoms with Gasteiger partial charge >= 0.3 is 0 Å². The first-order chi connectivity index (χ1) is 9.10. The zero-order chi connectivity index (χ0) is 14.3. The Kier molecular flexibility index (Phi) is 6.32. The molecule has 0 fully saturated rings. The van der Waals surface area contributed by atoms with Crippen molar-refractivity contribution in [1.29, 1.82) is 0 Å². The van der Waals surface area contributed by atoms with E-state index in [1.807, 2.05) is 31.2 Å². The SMILES string of the molecule is COc1cccc(C(C)NC(=O)CC(CN)OC)c1. The fourth-order valence-corrected chi connectivity index (χ4v) is 1.76. The second-order valence-electron chi connectivity index (χ2n) is 4.36. The van der Waals surface area contributed by atoms with Crippen molar-refractivity contribution in [2.75, 3.05) is 20.8 Å². The summed E-state index contributed by atoms with van der Waals surface area (Å²) >= 11 is 0. The summed E-state index contributed by atoms with van der Waals surface area (Å²) in [6, 6.07) is 7.53. The third kappa shape index (κ3) is 4.89. The van der Waals surface area contributed by atoms with Crippen molar-refractivity contribution < 1.29 is 14.3 Å². The van der Waals surface area contributed by atoms with Gasteiger partial charge in [-0.1, -0.05) is 12.1 Å². The van der Waals surface area contributed by atoms with Crippen LogP contribution in [0.3, 0.4) is 0 Å². The molecule has 2 atom stereocenters. The number of ether oxygens (including phenoxy) is 2. The van der Waals surface area contributed by atoms with E-state index in [4.69, 9.17) is 15.2 Å². The summed E-state index contributed by atoms with van der Waals surface area (Å²) in [5.74, 6) is 0.697. The lowest BCUT2D eigenvalue weighted by Gasteiger charge is -2.17. The molecule has 2 unspecified atom stereocenters. The van der Waals surface area contributed by atoms with E-state index in [2.05, 4.69) is 5.32 Å². The molecule has 106 valence electrons. The predicted octanol–water partition coefficient (Wildman–Crippen LogP) is 1.24. The van der Waals surface area contributed by atoms with Gasteiger partial charge in [0.1, 0.15) is 5.75 Å². The standard InChI is InChI=1S/C14H22N2O3/c1-10(11-5-4-6-12(7-11)18-2)16-14(17)8-13(9-15)19-3/h4-7,10,13H,8-9,15H2,1-3H3,(H,16,17). The molecule has 0 radical (unpaired) electrons. The van der Waals surface area contributed by atoms with Gasteiger partial charge in [0.15, 0.2) is 0 Å². The fraction of sp³-hybridized carbons (Fsp3) is 0.500. The van der Waals surface area contributed by atoms with Gasteiger partial charge in [-0.05, 0) is 24.6 Å². The molecule has 0 aliphatic rings. The molecular formula is C14H22N2O3. The largest absolute Gasteiger partial charge is 0.497 e. The maximum absolute atomic E-state index is 11.8. The van der Waals surface area contributed by atoms with Gasteiger partial charge in [0.2, 0.25) is 5.91 Å². The molecule has 0 saturated carbocycles. The van der Waals surface area contributed by atoms with E-state index in [9.17, 15) is 4.79 Å². The Morgan fingerprint density at radius 2 is 2.16 bits per heavy atom. The minimum absolute atomic E-state index is 0.0763. The van der Waals surface area contributed by atoms with Crippen LogP contribution >= 0.6 is 0 Å². The molecule has 0 aliphatic heterocycles. The number of hydrogen-bond acceptors (Lipinski definition) is 4. The molecule has 3 N–H and O–H groups in total. The number of nitrogens with two attached hydrogens (primary N) is 1. The Hall–Kier alpha value is -1.59. The zero-order valence-electron chi connectivity index (χ0n) is 11.7. The van der Waals surface area contributed by atoms with Gasteiger partial charge < -0.3 is 20.5 Å². The van der Waals surface area contributed by atoms with Gasteiger partial charge in [-0.25, -0.2) is 0 Å². The van der Waals surface area contributed by atoms with Crippen LogP contribution < -0.4 is 15.8 Å². The van der Waals surface area contributed by atoms with Gasteiger partial charge in [-0.2, -0.15) is 0 Å². The third-order valence-corrected chi connectivity index (χ3v) is 2.98. The van der Waals surface area contributed by atoms with Crippen molar-refractivity contribution >= 4 is 5.91 Å². The number of nitrogens with one attached hydrogen (secondary N) is 1. The Morgan fingerprint density at radius 1 is 1.42 bits per heavy atom. The Morgan fingerprint density at radius 3 is 2.74 bits per heavy atom. The normalized spacial score (nSPS) is 13.7. The zero-order valence-corrected chi connectivity index (χ0v) is 11.7. The monoisotopic (exact) mass is 266 g/mol. The van der Waals surface area contributed by atoms with E-state index in [-0.39, 0.29) is 24.5 Å². The molecule has 0 aliphatic carbocycles. The molecule has 1 amide bonds. The number of hydrogen-bond donors (Lipinski definition) is 2. The van der Waals surface area contributed by atoms with Gasteiger partial charge in [0, 0.05) is 13.7 Å². The molecule has 0 saturated heterocycles. The molecule has 1 aromatic carbocycles. The summed E-state index contributed by atoms with van der Waals surface area (Å²) in [6.45, 7) is 2.26. The molecule has 0 aromatic heterocycles. The van der Waals surface area contributed by atoms with Crippen LogP contribution in [0.5, 0.6) is 5.75 Å². The highest BCUT2D eigenvalue weighted by Crippen LogP contribution is 2.18. The average Bonchev–Trinajstić information content (AvgIpc) is 2.44. The van der Waals surface area contributed by atoms with Gasteiger partial charge in [-0.3, -0.25) is 4.79 Å². The fourth-order valence-electron chi connectivity index (χ4n) is 1.76. The average molecular weight is 266 g/mol. The summed E-state index contributed by atoms with van der Waals surface area (Å²) in [5, 5.41) is 2.92. The summed E-state index contributed by atoms with van der Waals surface area (Å²) in [4.78, 5) is 11.8. The van der Waals surface area contributed by atoms with E-state index >= 15 is 0 Å². The van der Waals surface area contributed by atoms with Crippen LogP contribution in [0, 0.1) is 0 Å².